The Morgan fingerprint density at radius 1 is 1.17 bits per heavy atom. The van der Waals surface area contributed by atoms with Gasteiger partial charge in [0, 0.05) is 18.9 Å². The maximum absolute atomic E-state index is 13.5. The Morgan fingerprint density at radius 2 is 1.83 bits per heavy atom. The quantitative estimate of drug-likeness (QED) is 0.609. The number of hydrogen-bond acceptors (Lipinski definition) is 6. The van der Waals surface area contributed by atoms with Gasteiger partial charge < -0.3 is 9.47 Å². The van der Waals surface area contributed by atoms with E-state index in [4.69, 9.17) is 9.47 Å². The molecule has 29 heavy (non-hydrogen) atoms. The van der Waals surface area contributed by atoms with Crippen molar-refractivity contribution in [3.8, 4) is 5.75 Å². The first-order valence-corrected chi connectivity index (χ1v) is 10.8. The van der Waals surface area contributed by atoms with E-state index >= 15 is 0 Å². The van der Waals surface area contributed by atoms with E-state index in [1.54, 1.807) is 64.4 Å². The van der Waals surface area contributed by atoms with Gasteiger partial charge in [-0.1, -0.05) is 13.0 Å². The minimum atomic E-state index is -3.99. The van der Waals surface area contributed by atoms with Gasteiger partial charge in [-0.15, -0.1) is 0 Å². The van der Waals surface area contributed by atoms with Crippen LogP contribution in [0, 0.1) is 0 Å². The number of hydrogen-bond donors (Lipinski definition) is 0. The second-order valence-corrected chi connectivity index (χ2v) is 9.44. The normalized spacial score (nSPS) is 13.2. The molecule has 0 saturated heterocycles. The third-order valence-electron chi connectivity index (χ3n) is 4.14. The molecule has 0 aliphatic heterocycles. The number of carbonyl (C=O) groups excluding carboxylic acids is 1. The molecule has 1 aromatic carbocycles. The smallest absolute Gasteiger partial charge is 0.324 e. The summed E-state index contributed by atoms with van der Waals surface area (Å²) in [4.78, 5) is 17.0. The molecule has 2 aromatic rings. The van der Waals surface area contributed by atoms with Crippen molar-refractivity contribution in [3.63, 3.8) is 0 Å². The predicted molar refractivity (Wildman–Crippen MR) is 110 cm³/mol. The number of pyridine rings is 1. The molecule has 0 amide bonds. The molecule has 0 unspecified atom stereocenters. The topological polar surface area (TPSA) is 85.8 Å². The first kappa shape index (κ1) is 22.8. The van der Waals surface area contributed by atoms with Gasteiger partial charge >= 0.3 is 5.97 Å². The highest BCUT2D eigenvalue weighted by molar-refractivity contribution is 7.89. The summed E-state index contributed by atoms with van der Waals surface area (Å²) in [5.74, 6) is -0.0390. The van der Waals surface area contributed by atoms with Crippen LogP contribution in [0.25, 0.3) is 0 Å². The van der Waals surface area contributed by atoms with Gasteiger partial charge in [-0.25, -0.2) is 8.42 Å². The minimum Gasteiger partial charge on any atom is -0.497 e. The zero-order valence-corrected chi connectivity index (χ0v) is 18.3. The summed E-state index contributed by atoms with van der Waals surface area (Å²) in [5, 5.41) is 0. The van der Waals surface area contributed by atoms with E-state index in [0.29, 0.717) is 11.3 Å². The molecular weight excluding hydrogens is 392 g/mol. The summed E-state index contributed by atoms with van der Waals surface area (Å²) in [6.45, 7) is 7.01. The van der Waals surface area contributed by atoms with Crippen LogP contribution < -0.4 is 4.74 Å². The van der Waals surface area contributed by atoms with Crippen LogP contribution in [0.4, 0.5) is 0 Å². The lowest BCUT2D eigenvalue weighted by Gasteiger charge is -2.31. The molecule has 1 heterocycles. The minimum absolute atomic E-state index is 0.0000476. The van der Waals surface area contributed by atoms with E-state index in [-0.39, 0.29) is 17.9 Å². The van der Waals surface area contributed by atoms with Gasteiger partial charge in [0.05, 0.1) is 12.0 Å². The number of esters is 1. The third-order valence-corrected chi connectivity index (χ3v) is 6.01. The standard InChI is InChI=1S/C21H28N2O5S/c1-6-19(20(24)28-21(2,3)4)23(15-16-8-7-13-22-14-16)29(25,26)18-11-9-17(27-5)10-12-18/h7-14,19H,6,15H2,1-5H3/t19-/m1/s1. The van der Waals surface area contributed by atoms with Gasteiger partial charge in [0.15, 0.2) is 0 Å². The number of nitrogens with zero attached hydrogens (tertiary/aromatic N) is 2. The fraction of sp³-hybridized carbons (Fsp3) is 0.429. The van der Waals surface area contributed by atoms with Crippen LogP contribution in [0.5, 0.6) is 5.75 Å². The lowest BCUT2D eigenvalue weighted by atomic mass is 10.1. The highest BCUT2D eigenvalue weighted by atomic mass is 32.2. The van der Waals surface area contributed by atoms with E-state index in [1.165, 1.54) is 23.5 Å². The number of sulfonamides is 1. The van der Waals surface area contributed by atoms with Crippen molar-refractivity contribution in [2.45, 2.75) is 57.2 Å². The summed E-state index contributed by atoms with van der Waals surface area (Å²) < 4.78 is 38.7. The number of carbonyl (C=O) groups is 1. The fourth-order valence-corrected chi connectivity index (χ4v) is 4.42. The highest BCUT2D eigenvalue weighted by Crippen LogP contribution is 2.26. The monoisotopic (exact) mass is 420 g/mol. The first-order chi connectivity index (χ1) is 13.6. The lowest BCUT2D eigenvalue weighted by Crippen LogP contribution is -2.46. The maximum atomic E-state index is 13.5. The molecule has 0 saturated carbocycles. The lowest BCUT2D eigenvalue weighted by molar-refractivity contribution is -0.159. The SMILES string of the molecule is CC[C@H](C(=O)OC(C)(C)C)N(Cc1cccnc1)S(=O)(=O)c1ccc(OC)cc1. The molecule has 0 bridgehead atoms. The van der Waals surface area contributed by atoms with Crippen LogP contribution in [0.1, 0.15) is 39.7 Å². The van der Waals surface area contributed by atoms with Gasteiger partial charge in [-0.05, 0) is 63.1 Å². The van der Waals surface area contributed by atoms with Crippen LogP contribution in [0.15, 0.2) is 53.7 Å². The van der Waals surface area contributed by atoms with Crippen molar-refractivity contribution in [2.75, 3.05) is 7.11 Å². The number of aromatic nitrogens is 1. The van der Waals surface area contributed by atoms with Crippen molar-refractivity contribution in [2.24, 2.45) is 0 Å². The number of ether oxygens (including phenoxy) is 2. The van der Waals surface area contributed by atoms with Gasteiger partial charge in [-0.2, -0.15) is 4.31 Å². The molecule has 0 N–H and O–H groups in total. The Balaban J connectivity index is 2.48. The predicted octanol–water partition coefficient (Wildman–Crippen LogP) is 3.40. The molecule has 7 nitrogen and oxygen atoms in total. The van der Waals surface area contributed by atoms with E-state index in [1.807, 2.05) is 0 Å². The van der Waals surface area contributed by atoms with Crippen LogP contribution in [0.3, 0.4) is 0 Å². The zero-order chi connectivity index (χ0) is 21.7. The van der Waals surface area contributed by atoms with E-state index in [9.17, 15) is 13.2 Å². The molecule has 1 atom stereocenters. The van der Waals surface area contributed by atoms with Crippen molar-refractivity contribution < 1.29 is 22.7 Å². The number of methoxy groups -OCH3 is 1. The Hall–Kier alpha value is -2.45. The van der Waals surface area contributed by atoms with Gasteiger partial charge in [0.2, 0.25) is 10.0 Å². The fourth-order valence-electron chi connectivity index (χ4n) is 2.78. The molecule has 8 heteroatoms. The molecule has 0 spiro atoms. The van der Waals surface area contributed by atoms with Crippen molar-refractivity contribution in [1.82, 2.24) is 9.29 Å². The first-order valence-electron chi connectivity index (χ1n) is 9.36. The number of benzene rings is 1. The second-order valence-electron chi connectivity index (χ2n) is 7.54. The van der Waals surface area contributed by atoms with Gasteiger partial charge in [0.1, 0.15) is 17.4 Å². The average Bonchev–Trinajstić information content (AvgIpc) is 2.67. The van der Waals surface area contributed by atoms with Crippen LogP contribution >= 0.6 is 0 Å². The van der Waals surface area contributed by atoms with Crippen molar-refractivity contribution >= 4 is 16.0 Å². The highest BCUT2D eigenvalue weighted by Gasteiger charge is 2.37. The summed E-state index contributed by atoms with van der Waals surface area (Å²) in [6.07, 6.45) is 3.46. The van der Waals surface area contributed by atoms with Gasteiger partial charge in [-0.3, -0.25) is 9.78 Å². The third kappa shape index (κ3) is 6.01. The second kappa shape index (κ2) is 9.37. The van der Waals surface area contributed by atoms with Crippen LogP contribution in [0.2, 0.25) is 0 Å². The van der Waals surface area contributed by atoms with Crippen LogP contribution in [-0.2, 0) is 26.1 Å². The molecular formula is C21H28N2O5S. The van der Waals surface area contributed by atoms with E-state index in [2.05, 4.69) is 4.98 Å². The molecule has 0 aliphatic carbocycles. The Morgan fingerprint density at radius 3 is 2.31 bits per heavy atom. The van der Waals surface area contributed by atoms with Gasteiger partial charge in [0.25, 0.3) is 0 Å². The summed E-state index contributed by atoms with van der Waals surface area (Å²) in [6, 6.07) is 8.60. The largest absolute Gasteiger partial charge is 0.497 e. The molecule has 1 aromatic heterocycles. The van der Waals surface area contributed by atoms with E-state index < -0.39 is 27.6 Å². The molecule has 0 fully saturated rings. The Kier molecular flexibility index (Phi) is 7.37. The summed E-state index contributed by atoms with van der Waals surface area (Å²) in [5.41, 5.74) is -0.0551. The van der Waals surface area contributed by atoms with Crippen molar-refractivity contribution in [1.29, 1.82) is 0 Å². The molecule has 158 valence electrons. The van der Waals surface area contributed by atoms with E-state index in [0.717, 1.165) is 0 Å². The van der Waals surface area contributed by atoms with Crippen LogP contribution in [-0.4, -0.2) is 42.4 Å². The average molecular weight is 421 g/mol. The molecule has 0 aliphatic rings. The zero-order valence-electron chi connectivity index (χ0n) is 17.5. The summed E-state index contributed by atoms with van der Waals surface area (Å²) >= 11 is 0. The maximum Gasteiger partial charge on any atom is 0.324 e. The summed E-state index contributed by atoms with van der Waals surface area (Å²) in [7, 11) is -2.48. The number of rotatable bonds is 8. The van der Waals surface area contributed by atoms with Crippen molar-refractivity contribution in [3.05, 3.63) is 54.4 Å². The Labute approximate surface area is 172 Å². The molecule has 0 radical (unpaired) electrons. The Bertz CT molecular complexity index is 906. The molecule has 2 rings (SSSR count).